The lowest BCUT2D eigenvalue weighted by Crippen LogP contribution is -2.23. The minimum atomic E-state index is -0.225. The molecule has 2 N–H and O–H groups in total. The van der Waals surface area contributed by atoms with Crippen molar-refractivity contribution in [2.24, 2.45) is 0 Å². The molecule has 0 radical (unpaired) electrons. The third-order valence-corrected chi connectivity index (χ3v) is 4.91. The molecule has 2 heterocycles. The molecule has 3 aromatic rings. The Morgan fingerprint density at radius 2 is 2.25 bits per heavy atom. The van der Waals surface area contributed by atoms with Crippen LogP contribution >= 0.6 is 11.3 Å². The molecule has 0 aliphatic heterocycles. The summed E-state index contributed by atoms with van der Waals surface area (Å²) in [4.78, 5) is 12.4. The predicted octanol–water partition coefficient (Wildman–Crippen LogP) is 4.08. The van der Waals surface area contributed by atoms with Crippen LogP contribution in [0.3, 0.4) is 0 Å². The number of nitrogens with zero attached hydrogens (tertiary/aromatic N) is 1. The summed E-state index contributed by atoms with van der Waals surface area (Å²) in [6, 6.07) is 7.17. The molecule has 1 aliphatic carbocycles. The first-order valence-electron chi connectivity index (χ1n) is 7.85. The van der Waals surface area contributed by atoms with E-state index < -0.39 is 0 Å². The molecule has 0 bridgehead atoms. The van der Waals surface area contributed by atoms with Crippen molar-refractivity contribution in [2.45, 2.75) is 25.3 Å². The van der Waals surface area contributed by atoms with Gasteiger partial charge in [0.25, 0.3) is 5.91 Å². The lowest BCUT2D eigenvalue weighted by molar-refractivity contribution is 0.0951. The minimum absolute atomic E-state index is 0.175. The predicted molar refractivity (Wildman–Crippen MR) is 91.4 cm³/mol. The number of thiophene rings is 1. The number of aromatic nitrogens is 2. The first-order valence-corrected chi connectivity index (χ1v) is 8.79. The number of halogens is 1. The number of aromatic amines is 1. The van der Waals surface area contributed by atoms with Crippen LogP contribution in [-0.2, 0) is 6.54 Å². The number of benzene rings is 1. The standard InChI is InChI=1S/C18H16FN3OS/c19-16-7-11(1-4-14(16)12-2-3-12)8-20-18(23)15-9-21-22-17(15)13-5-6-24-10-13/h1,4-7,9-10,12H,2-3,8H2,(H,20,23)(H,21,22). The van der Waals surface area contributed by atoms with Gasteiger partial charge in [0.15, 0.2) is 0 Å². The number of amides is 1. The molecule has 1 aromatic carbocycles. The largest absolute Gasteiger partial charge is 0.348 e. The molecule has 1 aliphatic rings. The average molecular weight is 341 g/mol. The van der Waals surface area contributed by atoms with Gasteiger partial charge in [-0.05, 0) is 47.4 Å². The summed E-state index contributed by atoms with van der Waals surface area (Å²) in [5.41, 5.74) is 3.67. The maximum absolute atomic E-state index is 14.1. The van der Waals surface area contributed by atoms with Crippen molar-refractivity contribution >= 4 is 17.2 Å². The number of nitrogens with one attached hydrogen (secondary N) is 2. The van der Waals surface area contributed by atoms with E-state index in [1.54, 1.807) is 11.3 Å². The fourth-order valence-corrected chi connectivity index (χ4v) is 3.42. The second-order valence-corrected chi connectivity index (χ2v) is 6.76. The van der Waals surface area contributed by atoms with E-state index in [1.165, 1.54) is 12.3 Å². The van der Waals surface area contributed by atoms with Crippen LogP contribution in [0.1, 0.15) is 40.2 Å². The Kier molecular flexibility index (Phi) is 3.90. The van der Waals surface area contributed by atoms with Crippen LogP contribution in [0, 0.1) is 5.82 Å². The van der Waals surface area contributed by atoms with Crippen LogP contribution in [-0.4, -0.2) is 16.1 Å². The zero-order valence-electron chi connectivity index (χ0n) is 12.9. The molecule has 2 aromatic heterocycles. The van der Waals surface area contributed by atoms with Gasteiger partial charge in [-0.25, -0.2) is 4.39 Å². The van der Waals surface area contributed by atoms with Gasteiger partial charge >= 0.3 is 0 Å². The molecule has 6 heteroatoms. The van der Waals surface area contributed by atoms with Crippen LogP contribution in [0.5, 0.6) is 0 Å². The number of H-pyrrole nitrogens is 1. The quantitative estimate of drug-likeness (QED) is 0.734. The van der Waals surface area contributed by atoms with Gasteiger partial charge < -0.3 is 5.32 Å². The number of hydrogen-bond acceptors (Lipinski definition) is 3. The Bertz CT molecular complexity index is 868. The zero-order valence-corrected chi connectivity index (χ0v) is 13.7. The summed E-state index contributed by atoms with van der Waals surface area (Å²) in [6.07, 6.45) is 3.65. The third-order valence-electron chi connectivity index (χ3n) is 4.23. The smallest absolute Gasteiger partial charge is 0.255 e. The molecule has 4 rings (SSSR count). The van der Waals surface area contributed by atoms with E-state index in [1.807, 2.05) is 29.0 Å². The van der Waals surface area contributed by atoms with Crippen LogP contribution in [0.2, 0.25) is 0 Å². The van der Waals surface area contributed by atoms with E-state index in [2.05, 4.69) is 15.5 Å². The summed E-state index contributed by atoms with van der Waals surface area (Å²) < 4.78 is 14.1. The van der Waals surface area contributed by atoms with E-state index in [0.29, 0.717) is 17.2 Å². The number of rotatable bonds is 5. The van der Waals surface area contributed by atoms with Gasteiger partial charge in [0, 0.05) is 17.5 Å². The molecule has 1 saturated carbocycles. The highest BCUT2D eigenvalue weighted by Gasteiger charge is 2.26. The zero-order chi connectivity index (χ0) is 16.5. The van der Waals surface area contributed by atoms with E-state index in [-0.39, 0.29) is 18.3 Å². The van der Waals surface area contributed by atoms with Crippen molar-refractivity contribution in [2.75, 3.05) is 0 Å². The Morgan fingerprint density at radius 3 is 2.96 bits per heavy atom. The van der Waals surface area contributed by atoms with Crippen molar-refractivity contribution in [1.82, 2.24) is 15.5 Å². The lowest BCUT2D eigenvalue weighted by Gasteiger charge is -2.07. The summed E-state index contributed by atoms with van der Waals surface area (Å²) in [5.74, 6) is -0.0177. The van der Waals surface area contributed by atoms with Gasteiger partial charge in [-0.2, -0.15) is 16.4 Å². The Labute approximate surface area is 142 Å². The van der Waals surface area contributed by atoms with Gasteiger partial charge in [-0.15, -0.1) is 0 Å². The lowest BCUT2D eigenvalue weighted by atomic mass is 10.1. The first kappa shape index (κ1) is 15.1. The molecule has 24 heavy (non-hydrogen) atoms. The molecule has 0 saturated heterocycles. The van der Waals surface area contributed by atoms with Crippen LogP contribution < -0.4 is 5.32 Å². The molecular formula is C18H16FN3OS. The van der Waals surface area contributed by atoms with Crippen molar-refractivity contribution in [3.8, 4) is 11.3 Å². The monoisotopic (exact) mass is 341 g/mol. The SMILES string of the molecule is O=C(NCc1ccc(C2CC2)c(F)c1)c1cn[nH]c1-c1ccsc1. The van der Waals surface area contributed by atoms with E-state index in [4.69, 9.17) is 0 Å². The fourth-order valence-electron chi connectivity index (χ4n) is 2.77. The Hall–Kier alpha value is -2.47. The van der Waals surface area contributed by atoms with E-state index in [0.717, 1.165) is 29.5 Å². The second-order valence-electron chi connectivity index (χ2n) is 5.98. The van der Waals surface area contributed by atoms with E-state index >= 15 is 0 Å². The molecule has 0 spiro atoms. The van der Waals surface area contributed by atoms with Crippen molar-refractivity contribution in [1.29, 1.82) is 0 Å². The molecule has 122 valence electrons. The van der Waals surface area contributed by atoms with Crippen molar-refractivity contribution < 1.29 is 9.18 Å². The summed E-state index contributed by atoms with van der Waals surface area (Å²) >= 11 is 1.56. The van der Waals surface area contributed by atoms with E-state index in [9.17, 15) is 9.18 Å². The van der Waals surface area contributed by atoms with Gasteiger partial charge in [0.2, 0.25) is 0 Å². The summed E-state index contributed by atoms with van der Waals surface area (Å²) in [5, 5.41) is 13.6. The topological polar surface area (TPSA) is 57.8 Å². The highest BCUT2D eigenvalue weighted by Crippen LogP contribution is 2.41. The fraction of sp³-hybridized carbons (Fsp3) is 0.222. The van der Waals surface area contributed by atoms with Gasteiger partial charge in [-0.1, -0.05) is 12.1 Å². The van der Waals surface area contributed by atoms with Gasteiger partial charge in [0.05, 0.1) is 17.5 Å². The van der Waals surface area contributed by atoms with Crippen LogP contribution in [0.25, 0.3) is 11.3 Å². The Balaban J connectivity index is 1.46. The summed E-state index contributed by atoms with van der Waals surface area (Å²) in [7, 11) is 0. The highest BCUT2D eigenvalue weighted by atomic mass is 32.1. The molecule has 1 fully saturated rings. The summed E-state index contributed by atoms with van der Waals surface area (Å²) in [6.45, 7) is 0.287. The molecule has 0 unspecified atom stereocenters. The molecule has 0 atom stereocenters. The van der Waals surface area contributed by atoms with Gasteiger partial charge in [0.1, 0.15) is 5.82 Å². The molecular weight excluding hydrogens is 325 g/mol. The van der Waals surface area contributed by atoms with Crippen molar-refractivity contribution in [3.05, 3.63) is 63.7 Å². The maximum Gasteiger partial charge on any atom is 0.255 e. The molecule has 1 amide bonds. The average Bonchev–Trinajstić information content (AvgIpc) is 3.08. The van der Waals surface area contributed by atoms with Crippen LogP contribution in [0.4, 0.5) is 4.39 Å². The second kappa shape index (κ2) is 6.20. The minimum Gasteiger partial charge on any atom is -0.348 e. The molecule has 4 nitrogen and oxygen atoms in total. The third kappa shape index (κ3) is 2.97. The first-order chi connectivity index (χ1) is 11.7. The van der Waals surface area contributed by atoms with Crippen molar-refractivity contribution in [3.63, 3.8) is 0 Å². The number of hydrogen-bond donors (Lipinski definition) is 2. The highest BCUT2D eigenvalue weighted by molar-refractivity contribution is 7.08. The number of carbonyl (C=O) groups excluding carboxylic acids is 1. The number of carbonyl (C=O) groups is 1. The van der Waals surface area contributed by atoms with Crippen LogP contribution in [0.15, 0.2) is 41.2 Å². The van der Waals surface area contributed by atoms with Gasteiger partial charge in [-0.3, -0.25) is 9.89 Å². The normalized spacial score (nSPS) is 13.9. The maximum atomic E-state index is 14.1. The Morgan fingerprint density at radius 1 is 1.38 bits per heavy atom.